The van der Waals surface area contributed by atoms with Gasteiger partial charge in [0.2, 0.25) is 0 Å². The van der Waals surface area contributed by atoms with E-state index >= 15 is 0 Å². The Morgan fingerprint density at radius 2 is 2.17 bits per heavy atom. The Morgan fingerprint density at radius 1 is 1.38 bits per heavy atom. The largest absolute Gasteiger partial charge is 0.496 e. The van der Waals surface area contributed by atoms with Gasteiger partial charge in [-0.15, -0.1) is 0 Å². The van der Waals surface area contributed by atoms with Crippen LogP contribution in [0.3, 0.4) is 0 Å². The number of nitrogen functional groups attached to an aromatic ring is 1. The van der Waals surface area contributed by atoms with Crippen molar-refractivity contribution in [2.75, 3.05) is 19.5 Å². The van der Waals surface area contributed by atoms with Crippen molar-refractivity contribution >= 4 is 29.1 Å². The number of nitrogens with zero attached hydrogens (tertiary/aromatic N) is 4. The lowest BCUT2D eigenvalue weighted by atomic mass is 10.1. The topological polar surface area (TPSA) is 134 Å². The van der Waals surface area contributed by atoms with Crippen molar-refractivity contribution in [2.45, 2.75) is 6.54 Å². The number of hydrogen-bond acceptors (Lipinski definition) is 7. The van der Waals surface area contributed by atoms with Gasteiger partial charge in [-0.1, -0.05) is 11.6 Å². The molecule has 3 N–H and O–H groups in total. The van der Waals surface area contributed by atoms with Crippen LogP contribution in [0.15, 0.2) is 34.7 Å². The molecular formula is C20H16ClN5O3. The van der Waals surface area contributed by atoms with Gasteiger partial charge < -0.3 is 20.0 Å². The SMILES string of the molecule is COc1ccc(Cl)cc1-c1ccc(/C=C(/C#N)c2nn(CCO)c(N)c2C#N)o1. The minimum absolute atomic E-state index is 0.0644. The first-order valence-electron chi connectivity index (χ1n) is 8.45. The number of anilines is 1. The highest BCUT2D eigenvalue weighted by Crippen LogP contribution is 2.34. The van der Waals surface area contributed by atoms with Gasteiger partial charge in [0, 0.05) is 11.1 Å². The van der Waals surface area contributed by atoms with E-state index in [0.717, 1.165) is 0 Å². The summed E-state index contributed by atoms with van der Waals surface area (Å²) < 4.78 is 12.4. The second-order valence-corrected chi connectivity index (χ2v) is 6.32. The number of allylic oxidation sites excluding steroid dienone is 1. The molecule has 2 heterocycles. The van der Waals surface area contributed by atoms with Crippen LogP contribution in [0.4, 0.5) is 5.82 Å². The van der Waals surface area contributed by atoms with Gasteiger partial charge in [0.05, 0.1) is 31.4 Å². The quantitative estimate of drug-likeness (QED) is 0.596. The van der Waals surface area contributed by atoms with Gasteiger partial charge in [-0.05, 0) is 30.3 Å². The summed E-state index contributed by atoms with van der Waals surface area (Å²) in [6.45, 7) is -0.0938. The summed E-state index contributed by atoms with van der Waals surface area (Å²) in [5.41, 5.74) is 6.84. The highest BCUT2D eigenvalue weighted by Gasteiger charge is 2.19. The van der Waals surface area contributed by atoms with Gasteiger partial charge in [-0.2, -0.15) is 15.6 Å². The molecule has 0 saturated carbocycles. The molecule has 146 valence electrons. The van der Waals surface area contributed by atoms with E-state index in [1.54, 1.807) is 37.4 Å². The molecule has 0 aliphatic rings. The molecule has 0 radical (unpaired) electrons. The number of halogens is 1. The number of aromatic nitrogens is 2. The number of aliphatic hydroxyl groups is 1. The first-order valence-corrected chi connectivity index (χ1v) is 8.83. The lowest BCUT2D eigenvalue weighted by molar-refractivity contribution is 0.270. The van der Waals surface area contributed by atoms with Crippen molar-refractivity contribution in [1.82, 2.24) is 9.78 Å². The molecular weight excluding hydrogens is 394 g/mol. The van der Waals surface area contributed by atoms with Crippen molar-refractivity contribution < 1.29 is 14.3 Å². The molecule has 0 unspecified atom stereocenters. The van der Waals surface area contributed by atoms with Crippen LogP contribution in [-0.4, -0.2) is 28.6 Å². The maximum absolute atomic E-state index is 9.59. The second-order valence-electron chi connectivity index (χ2n) is 5.88. The lowest BCUT2D eigenvalue weighted by Gasteiger charge is -2.06. The third-order valence-electron chi connectivity index (χ3n) is 4.13. The average molecular weight is 410 g/mol. The van der Waals surface area contributed by atoms with Crippen molar-refractivity contribution in [3.05, 3.63) is 52.4 Å². The minimum atomic E-state index is -0.204. The molecule has 0 amide bonds. The van der Waals surface area contributed by atoms with Gasteiger partial charge in [0.25, 0.3) is 0 Å². The van der Waals surface area contributed by atoms with Crippen LogP contribution >= 0.6 is 11.6 Å². The fourth-order valence-corrected chi connectivity index (χ4v) is 2.95. The first-order chi connectivity index (χ1) is 14.0. The van der Waals surface area contributed by atoms with E-state index < -0.39 is 0 Å². The summed E-state index contributed by atoms with van der Waals surface area (Å²) in [4.78, 5) is 0. The van der Waals surface area contributed by atoms with Crippen LogP contribution < -0.4 is 10.5 Å². The molecule has 29 heavy (non-hydrogen) atoms. The maximum Gasteiger partial charge on any atom is 0.140 e. The van der Waals surface area contributed by atoms with Gasteiger partial charge in [-0.3, -0.25) is 0 Å². The molecule has 2 aromatic heterocycles. The highest BCUT2D eigenvalue weighted by atomic mass is 35.5. The van der Waals surface area contributed by atoms with E-state index in [4.69, 9.17) is 31.6 Å². The molecule has 0 saturated heterocycles. The molecule has 0 aliphatic heterocycles. The van der Waals surface area contributed by atoms with Crippen LogP contribution in [0, 0.1) is 22.7 Å². The molecule has 9 heteroatoms. The number of hydrogen-bond donors (Lipinski definition) is 2. The monoisotopic (exact) mass is 409 g/mol. The van der Waals surface area contributed by atoms with Crippen molar-refractivity contribution in [3.8, 4) is 29.2 Å². The van der Waals surface area contributed by atoms with Crippen LogP contribution in [0.2, 0.25) is 5.02 Å². The van der Waals surface area contributed by atoms with Gasteiger partial charge in [0.1, 0.15) is 46.5 Å². The number of aliphatic hydroxyl groups excluding tert-OH is 1. The smallest absolute Gasteiger partial charge is 0.140 e. The molecule has 8 nitrogen and oxygen atoms in total. The molecule has 3 aromatic rings. The number of ether oxygens (including phenoxy) is 1. The van der Waals surface area contributed by atoms with Crippen LogP contribution in [0.5, 0.6) is 5.75 Å². The minimum Gasteiger partial charge on any atom is -0.496 e. The summed E-state index contributed by atoms with van der Waals surface area (Å²) in [5, 5.41) is 32.8. The van der Waals surface area contributed by atoms with Gasteiger partial charge >= 0.3 is 0 Å². The fourth-order valence-electron chi connectivity index (χ4n) is 2.78. The summed E-state index contributed by atoms with van der Waals surface area (Å²) in [5.74, 6) is 1.54. The van der Waals surface area contributed by atoms with Crippen molar-refractivity contribution in [3.63, 3.8) is 0 Å². The third-order valence-corrected chi connectivity index (χ3v) is 4.37. The van der Waals surface area contributed by atoms with E-state index in [-0.39, 0.29) is 35.8 Å². The van der Waals surface area contributed by atoms with Gasteiger partial charge in [0.15, 0.2) is 0 Å². The zero-order valence-corrected chi connectivity index (χ0v) is 16.1. The van der Waals surface area contributed by atoms with E-state index in [1.165, 1.54) is 10.8 Å². The van der Waals surface area contributed by atoms with E-state index in [1.807, 2.05) is 12.1 Å². The molecule has 0 bridgehead atoms. The highest BCUT2D eigenvalue weighted by molar-refractivity contribution is 6.30. The Kier molecular flexibility index (Phi) is 5.89. The Labute approximate surface area is 171 Å². The second kappa shape index (κ2) is 8.53. The Morgan fingerprint density at radius 3 is 2.83 bits per heavy atom. The molecule has 0 spiro atoms. The summed E-state index contributed by atoms with van der Waals surface area (Å²) in [7, 11) is 1.54. The summed E-state index contributed by atoms with van der Waals surface area (Å²) in [6.07, 6.45) is 1.46. The number of nitriles is 2. The summed E-state index contributed by atoms with van der Waals surface area (Å²) in [6, 6.07) is 12.5. The lowest BCUT2D eigenvalue weighted by Crippen LogP contribution is -2.07. The first kappa shape index (κ1) is 20.0. The molecule has 3 rings (SSSR count). The normalized spacial score (nSPS) is 11.1. The van der Waals surface area contributed by atoms with Gasteiger partial charge in [-0.25, -0.2) is 4.68 Å². The number of benzene rings is 1. The zero-order valence-electron chi connectivity index (χ0n) is 15.4. The van der Waals surface area contributed by atoms with Crippen LogP contribution in [0.25, 0.3) is 23.0 Å². The van der Waals surface area contributed by atoms with Crippen molar-refractivity contribution in [2.24, 2.45) is 0 Å². The molecule has 0 aliphatic carbocycles. The average Bonchev–Trinajstić information content (AvgIpc) is 3.31. The zero-order chi connectivity index (χ0) is 21.0. The molecule has 0 fully saturated rings. The summed E-state index contributed by atoms with van der Waals surface area (Å²) >= 11 is 6.07. The molecule has 1 aromatic carbocycles. The number of furan rings is 1. The molecule has 0 atom stereocenters. The predicted molar refractivity (Wildman–Crippen MR) is 108 cm³/mol. The number of methoxy groups -OCH3 is 1. The Bertz CT molecular complexity index is 1160. The van der Waals surface area contributed by atoms with E-state index in [0.29, 0.717) is 27.9 Å². The van der Waals surface area contributed by atoms with E-state index in [9.17, 15) is 10.5 Å². The third kappa shape index (κ3) is 3.94. The predicted octanol–water partition coefficient (Wildman–Crippen LogP) is 3.32. The van der Waals surface area contributed by atoms with Crippen molar-refractivity contribution in [1.29, 1.82) is 10.5 Å². The fraction of sp³-hybridized carbons (Fsp3) is 0.150. The van der Waals surface area contributed by atoms with E-state index in [2.05, 4.69) is 5.10 Å². The standard InChI is InChI=1S/C20H16ClN5O3/c1-28-17-4-2-13(21)9-15(17)18-5-3-14(29-18)8-12(10-22)19-16(11-23)20(24)26(25-19)6-7-27/h2-5,8-9,27H,6-7,24H2,1H3/b12-8-. The maximum atomic E-state index is 9.59. The number of rotatable bonds is 6. The Hall–Kier alpha value is -3.72. The van der Waals surface area contributed by atoms with Crippen LogP contribution in [-0.2, 0) is 6.54 Å². The number of nitrogens with two attached hydrogens (primary N) is 1. The van der Waals surface area contributed by atoms with Crippen LogP contribution in [0.1, 0.15) is 17.0 Å². The Balaban J connectivity index is 2.03.